The minimum absolute atomic E-state index is 0.329. The fraction of sp³-hybridized carbons (Fsp3) is 0.143. The Balaban J connectivity index is 2.18. The molecule has 6 heteroatoms. The molecule has 2 nitrogen and oxygen atoms in total. The first-order chi connectivity index (χ1) is 9.51. The highest BCUT2D eigenvalue weighted by Crippen LogP contribution is 2.34. The standard InChI is InChI=1S/C14H10BrCl3O2/c1-19-9-2-3-10(15)8(4-9)7-20-14-6-12(17)11(16)5-13(14)18/h2-6H,7H2,1H3. The van der Waals surface area contributed by atoms with Gasteiger partial charge in [-0.05, 0) is 24.3 Å². The third kappa shape index (κ3) is 3.73. The SMILES string of the molecule is COc1ccc(Br)c(COc2cc(Cl)c(Cl)cc2Cl)c1. The van der Waals surface area contributed by atoms with Crippen molar-refractivity contribution in [3.63, 3.8) is 0 Å². The van der Waals surface area contributed by atoms with Gasteiger partial charge < -0.3 is 9.47 Å². The van der Waals surface area contributed by atoms with E-state index in [1.54, 1.807) is 19.2 Å². The number of rotatable bonds is 4. The molecule has 2 aromatic carbocycles. The second kappa shape index (κ2) is 6.90. The average Bonchev–Trinajstić information content (AvgIpc) is 2.43. The summed E-state index contributed by atoms with van der Waals surface area (Å²) in [7, 11) is 1.61. The molecule has 0 N–H and O–H groups in total. The summed E-state index contributed by atoms with van der Waals surface area (Å²) >= 11 is 21.3. The van der Waals surface area contributed by atoms with Crippen molar-refractivity contribution < 1.29 is 9.47 Å². The van der Waals surface area contributed by atoms with E-state index in [2.05, 4.69) is 15.9 Å². The topological polar surface area (TPSA) is 18.5 Å². The summed E-state index contributed by atoms with van der Waals surface area (Å²) in [5.41, 5.74) is 0.937. The summed E-state index contributed by atoms with van der Waals surface area (Å²) in [5.74, 6) is 1.24. The van der Waals surface area contributed by atoms with Gasteiger partial charge in [0.2, 0.25) is 0 Å². The first-order valence-corrected chi connectivity index (χ1v) is 7.53. The van der Waals surface area contributed by atoms with Crippen molar-refractivity contribution in [1.29, 1.82) is 0 Å². The van der Waals surface area contributed by atoms with Gasteiger partial charge in [0.1, 0.15) is 18.1 Å². The van der Waals surface area contributed by atoms with Gasteiger partial charge in [-0.25, -0.2) is 0 Å². The molecule has 2 rings (SSSR count). The van der Waals surface area contributed by atoms with Gasteiger partial charge in [-0.3, -0.25) is 0 Å². The van der Waals surface area contributed by atoms with E-state index in [9.17, 15) is 0 Å². The summed E-state index contributed by atoms with van der Waals surface area (Å²) in [4.78, 5) is 0. The van der Waals surface area contributed by atoms with Crippen molar-refractivity contribution in [3.8, 4) is 11.5 Å². The molecular weight excluding hydrogens is 386 g/mol. The molecular formula is C14H10BrCl3O2. The zero-order chi connectivity index (χ0) is 14.7. The molecule has 0 bridgehead atoms. The van der Waals surface area contributed by atoms with E-state index in [1.807, 2.05) is 18.2 Å². The Kier molecular flexibility index (Phi) is 5.44. The second-order valence-electron chi connectivity index (χ2n) is 3.94. The molecule has 0 spiro atoms. The van der Waals surface area contributed by atoms with Crippen molar-refractivity contribution in [2.45, 2.75) is 6.61 Å². The molecule has 106 valence electrons. The van der Waals surface area contributed by atoms with Gasteiger partial charge in [-0.2, -0.15) is 0 Å². The van der Waals surface area contributed by atoms with Crippen LogP contribution in [0.4, 0.5) is 0 Å². The number of benzene rings is 2. The highest BCUT2D eigenvalue weighted by atomic mass is 79.9. The highest BCUT2D eigenvalue weighted by Gasteiger charge is 2.09. The van der Waals surface area contributed by atoms with Gasteiger partial charge in [0, 0.05) is 16.1 Å². The molecule has 2 aromatic rings. The van der Waals surface area contributed by atoms with Crippen molar-refractivity contribution >= 4 is 50.7 Å². The van der Waals surface area contributed by atoms with Gasteiger partial charge in [0.15, 0.2) is 0 Å². The normalized spacial score (nSPS) is 10.4. The van der Waals surface area contributed by atoms with Crippen LogP contribution >= 0.6 is 50.7 Å². The van der Waals surface area contributed by atoms with Gasteiger partial charge in [-0.1, -0.05) is 50.7 Å². The Morgan fingerprint density at radius 2 is 1.70 bits per heavy atom. The molecule has 0 heterocycles. The molecule has 0 amide bonds. The molecule has 0 aliphatic heterocycles. The lowest BCUT2D eigenvalue weighted by atomic mass is 10.2. The molecule has 20 heavy (non-hydrogen) atoms. The van der Waals surface area contributed by atoms with Gasteiger partial charge in [0.05, 0.1) is 22.2 Å². The van der Waals surface area contributed by atoms with Gasteiger partial charge in [0.25, 0.3) is 0 Å². The molecule has 0 aromatic heterocycles. The lowest BCUT2D eigenvalue weighted by Gasteiger charge is -2.11. The fourth-order valence-corrected chi connectivity index (χ4v) is 2.51. The van der Waals surface area contributed by atoms with Crippen LogP contribution in [0.5, 0.6) is 11.5 Å². The van der Waals surface area contributed by atoms with E-state index in [0.717, 1.165) is 15.8 Å². The van der Waals surface area contributed by atoms with E-state index in [0.29, 0.717) is 27.4 Å². The summed E-state index contributed by atoms with van der Waals surface area (Å²) in [6.07, 6.45) is 0. The quantitative estimate of drug-likeness (QED) is 0.591. The molecule has 0 aliphatic carbocycles. The van der Waals surface area contributed by atoms with Crippen LogP contribution < -0.4 is 9.47 Å². The minimum Gasteiger partial charge on any atom is -0.497 e. The highest BCUT2D eigenvalue weighted by molar-refractivity contribution is 9.10. The second-order valence-corrected chi connectivity index (χ2v) is 6.02. The van der Waals surface area contributed by atoms with Crippen molar-refractivity contribution in [1.82, 2.24) is 0 Å². The molecule has 0 unspecified atom stereocenters. The number of hydrogen-bond donors (Lipinski definition) is 0. The third-order valence-electron chi connectivity index (χ3n) is 2.61. The summed E-state index contributed by atoms with van der Waals surface area (Å²) < 4.78 is 11.8. The Bertz CT molecular complexity index is 632. The van der Waals surface area contributed by atoms with Crippen LogP contribution in [-0.4, -0.2) is 7.11 Å². The lowest BCUT2D eigenvalue weighted by molar-refractivity contribution is 0.304. The van der Waals surface area contributed by atoms with Crippen LogP contribution in [0, 0.1) is 0 Å². The summed E-state index contributed by atoms with van der Waals surface area (Å²) in [6, 6.07) is 8.80. The van der Waals surface area contributed by atoms with E-state index in [1.165, 1.54) is 0 Å². The first-order valence-electron chi connectivity index (χ1n) is 5.61. The Morgan fingerprint density at radius 1 is 1.00 bits per heavy atom. The third-order valence-corrected chi connectivity index (χ3v) is 4.40. The van der Waals surface area contributed by atoms with Crippen molar-refractivity contribution in [3.05, 3.63) is 55.4 Å². The number of hydrogen-bond acceptors (Lipinski definition) is 2. The molecule has 0 saturated carbocycles. The van der Waals surface area contributed by atoms with Crippen LogP contribution in [0.1, 0.15) is 5.56 Å². The maximum absolute atomic E-state index is 6.06. The van der Waals surface area contributed by atoms with Crippen LogP contribution in [0.2, 0.25) is 15.1 Å². The maximum atomic E-state index is 6.06. The largest absolute Gasteiger partial charge is 0.497 e. The molecule has 0 atom stereocenters. The van der Waals surface area contributed by atoms with E-state index in [4.69, 9.17) is 44.3 Å². The Labute approximate surface area is 140 Å². The minimum atomic E-state index is 0.329. The number of halogens is 4. The Hall–Kier alpha value is -0.610. The monoisotopic (exact) mass is 394 g/mol. The van der Waals surface area contributed by atoms with Gasteiger partial charge in [-0.15, -0.1) is 0 Å². The van der Waals surface area contributed by atoms with E-state index >= 15 is 0 Å². The Morgan fingerprint density at radius 3 is 2.40 bits per heavy atom. The van der Waals surface area contributed by atoms with Crippen molar-refractivity contribution in [2.75, 3.05) is 7.11 Å². The van der Waals surface area contributed by atoms with Crippen LogP contribution in [0.25, 0.3) is 0 Å². The lowest BCUT2D eigenvalue weighted by Crippen LogP contribution is -1.98. The van der Waals surface area contributed by atoms with E-state index < -0.39 is 0 Å². The number of ether oxygens (including phenoxy) is 2. The number of methoxy groups -OCH3 is 1. The van der Waals surface area contributed by atoms with Crippen LogP contribution in [-0.2, 0) is 6.61 Å². The predicted molar refractivity (Wildman–Crippen MR) is 86.5 cm³/mol. The predicted octanol–water partition coefficient (Wildman–Crippen LogP) is 6.00. The maximum Gasteiger partial charge on any atom is 0.139 e. The summed E-state index contributed by atoms with van der Waals surface area (Å²) in [5, 5.41) is 1.21. The fourth-order valence-electron chi connectivity index (χ4n) is 1.56. The molecule has 0 aliphatic rings. The van der Waals surface area contributed by atoms with Crippen molar-refractivity contribution in [2.24, 2.45) is 0 Å². The molecule has 0 radical (unpaired) electrons. The van der Waals surface area contributed by atoms with Crippen LogP contribution in [0.15, 0.2) is 34.8 Å². The zero-order valence-electron chi connectivity index (χ0n) is 10.4. The van der Waals surface area contributed by atoms with Crippen LogP contribution in [0.3, 0.4) is 0 Å². The zero-order valence-corrected chi connectivity index (χ0v) is 14.3. The van der Waals surface area contributed by atoms with E-state index in [-0.39, 0.29) is 0 Å². The average molecular weight is 396 g/mol. The summed E-state index contributed by atoms with van der Waals surface area (Å²) in [6.45, 7) is 0.329. The smallest absolute Gasteiger partial charge is 0.139 e. The molecule has 0 fully saturated rings. The van der Waals surface area contributed by atoms with Gasteiger partial charge >= 0.3 is 0 Å². The molecule has 0 saturated heterocycles. The first kappa shape index (κ1) is 15.8.